The van der Waals surface area contributed by atoms with Crippen LogP contribution in [0.2, 0.25) is 5.02 Å². The molecule has 2 N–H and O–H groups in total. The molecule has 1 aromatic heterocycles. The topological polar surface area (TPSA) is 61.8 Å². The van der Waals surface area contributed by atoms with E-state index in [1.807, 2.05) is 31.2 Å². The fraction of sp³-hybridized carbons (Fsp3) is 0.0769. The zero-order valence-electron chi connectivity index (χ0n) is 9.61. The van der Waals surface area contributed by atoms with Crippen molar-refractivity contribution in [2.45, 2.75) is 6.92 Å². The van der Waals surface area contributed by atoms with Crippen LogP contribution in [0.1, 0.15) is 5.56 Å². The predicted octanol–water partition coefficient (Wildman–Crippen LogP) is 3.29. The summed E-state index contributed by atoms with van der Waals surface area (Å²) in [6.07, 6.45) is 0. The number of benzene rings is 2. The van der Waals surface area contributed by atoms with Crippen LogP contribution in [0.4, 0.5) is 0 Å². The summed E-state index contributed by atoms with van der Waals surface area (Å²) < 4.78 is 0. The van der Waals surface area contributed by atoms with Crippen LogP contribution in [0.3, 0.4) is 0 Å². The second-order valence-corrected chi connectivity index (χ2v) is 4.51. The molecule has 0 bridgehead atoms. The average Bonchev–Trinajstić information content (AvgIpc) is 2.82. The zero-order chi connectivity index (χ0) is 12.7. The molecule has 0 atom stereocenters. The number of rotatable bonds is 1. The summed E-state index contributed by atoms with van der Waals surface area (Å²) in [7, 11) is 0. The maximum Gasteiger partial charge on any atom is 0.126 e. The number of halogens is 1. The van der Waals surface area contributed by atoms with Gasteiger partial charge in [0, 0.05) is 11.1 Å². The molecule has 3 rings (SSSR count). The van der Waals surface area contributed by atoms with Crippen molar-refractivity contribution in [1.82, 2.24) is 15.4 Å². The van der Waals surface area contributed by atoms with Gasteiger partial charge in [0.1, 0.15) is 11.3 Å². The van der Waals surface area contributed by atoms with Crippen molar-refractivity contribution < 1.29 is 5.11 Å². The van der Waals surface area contributed by atoms with Crippen LogP contribution in [0.25, 0.3) is 22.2 Å². The summed E-state index contributed by atoms with van der Waals surface area (Å²) in [5, 5.41) is 21.3. The van der Waals surface area contributed by atoms with Crippen molar-refractivity contribution in [2.24, 2.45) is 0 Å². The van der Waals surface area contributed by atoms with Gasteiger partial charge in [-0.3, -0.25) is 5.10 Å². The molecule has 90 valence electrons. The van der Waals surface area contributed by atoms with E-state index in [4.69, 9.17) is 11.6 Å². The summed E-state index contributed by atoms with van der Waals surface area (Å²) in [6, 6.07) is 9.11. The predicted molar refractivity (Wildman–Crippen MR) is 70.7 cm³/mol. The number of nitrogens with zero attached hydrogens (tertiary/aromatic N) is 2. The highest BCUT2D eigenvalue weighted by atomic mass is 35.5. The van der Waals surface area contributed by atoms with Crippen LogP contribution in [-0.2, 0) is 0 Å². The van der Waals surface area contributed by atoms with E-state index in [0.29, 0.717) is 21.7 Å². The number of hydrogen-bond donors (Lipinski definition) is 2. The molecule has 3 aromatic rings. The highest BCUT2D eigenvalue weighted by molar-refractivity contribution is 6.35. The van der Waals surface area contributed by atoms with E-state index in [0.717, 1.165) is 11.1 Å². The second-order valence-electron chi connectivity index (χ2n) is 4.10. The lowest BCUT2D eigenvalue weighted by molar-refractivity contribution is 0.473. The van der Waals surface area contributed by atoms with E-state index >= 15 is 0 Å². The third-order valence-electron chi connectivity index (χ3n) is 2.95. The maximum atomic E-state index is 10.2. The number of phenolic OH excluding ortho intramolecular Hbond substituents is 1. The van der Waals surface area contributed by atoms with Crippen molar-refractivity contribution in [3.8, 4) is 16.9 Å². The maximum absolute atomic E-state index is 10.2. The normalized spacial score (nSPS) is 11.0. The minimum absolute atomic E-state index is 0.218. The monoisotopic (exact) mass is 259 g/mol. The van der Waals surface area contributed by atoms with Crippen molar-refractivity contribution in [3.63, 3.8) is 0 Å². The van der Waals surface area contributed by atoms with Gasteiger partial charge in [-0.05, 0) is 24.6 Å². The first kappa shape index (κ1) is 11.0. The summed E-state index contributed by atoms with van der Waals surface area (Å²) in [6.45, 7) is 1.84. The van der Waals surface area contributed by atoms with Crippen molar-refractivity contribution in [1.29, 1.82) is 0 Å². The lowest BCUT2D eigenvalue weighted by Gasteiger charge is -2.09. The van der Waals surface area contributed by atoms with Crippen LogP contribution in [-0.4, -0.2) is 20.5 Å². The Balaban J connectivity index is 2.40. The van der Waals surface area contributed by atoms with Gasteiger partial charge < -0.3 is 5.11 Å². The molecule has 0 radical (unpaired) electrons. The Hall–Kier alpha value is -2.07. The molecule has 0 spiro atoms. The number of para-hydroxylation sites is 1. The van der Waals surface area contributed by atoms with Crippen molar-refractivity contribution >= 4 is 22.6 Å². The molecule has 18 heavy (non-hydrogen) atoms. The molecule has 4 nitrogen and oxygen atoms in total. The molecule has 0 aliphatic carbocycles. The molecule has 0 aliphatic rings. The molecule has 1 heterocycles. The van der Waals surface area contributed by atoms with Gasteiger partial charge in [-0.15, -0.1) is 5.10 Å². The van der Waals surface area contributed by atoms with E-state index in [2.05, 4.69) is 15.4 Å². The molecule has 0 amide bonds. The smallest absolute Gasteiger partial charge is 0.126 e. The molecule has 0 aliphatic heterocycles. The number of fused-ring (bicyclic) bond motifs is 1. The third-order valence-corrected chi connectivity index (χ3v) is 3.27. The molecule has 0 saturated carbocycles. The molecule has 2 aromatic carbocycles. The number of aryl methyl sites for hydroxylation is 1. The largest absolute Gasteiger partial charge is 0.507 e. The Morgan fingerprint density at radius 3 is 2.89 bits per heavy atom. The first-order valence-corrected chi connectivity index (χ1v) is 5.84. The fourth-order valence-corrected chi connectivity index (χ4v) is 2.26. The number of aromatic amines is 1. The Kier molecular flexibility index (Phi) is 2.45. The summed E-state index contributed by atoms with van der Waals surface area (Å²) >= 11 is 6.23. The Labute approximate surface area is 108 Å². The summed E-state index contributed by atoms with van der Waals surface area (Å²) in [4.78, 5) is 0. The first-order valence-electron chi connectivity index (χ1n) is 5.46. The van der Waals surface area contributed by atoms with Crippen LogP contribution >= 0.6 is 11.6 Å². The van der Waals surface area contributed by atoms with Gasteiger partial charge in [0.05, 0.1) is 10.5 Å². The average molecular weight is 260 g/mol. The van der Waals surface area contributed by atoms with Crippen LogP contribution < -0.4 is 0 Å². The van der Waals surface area contributed by atoms with E-state index < -0.39 is 0 Å². The summed E-state index contributed by atoms with van der Waals surface area (Å²) in [5.74, 6) is 0.218. The molecule has 5 heteroatoms. The molecular weight excluding hydrogens is 250 g/mol. The van der Waals surface area contributed by atoms with Gasteiger partial charge in [0.2, 0.25) is 0 Å². The molecule has 0 fully saturated rings. The standard InChI is InChI=1S/C13H10ClN3O/c1-7-3-2-4-8(13(7)18)11-9(14)5-6-10-12(11)16-17-15-10/h2-6,18H,1H3,(H,15,16,17). The minimum Gasteiger partial charge on any atom is -0.507 e. The quantitative estimate of drug-likeness (QED) is 0.705. The second kappa shape index (κ2) is 3.99. The number of nitrogens with one attached hydrogen (secondary N) is 1. The van der Waals surface area contributed by atoms with Crippen LogP contribution in [0, 0.1) is 6.92 Å². The highest BCUT2D eigenvalue weighted by Crippen LogP contribution is 2.39. The molecule has 0 saturated heterocycles. The van der Waals surface area contributed by atoms with Gasteiger partial charge in [-0.1, -0.05) is 35.0 Å². The lowest BCUT2D eigenvalue weighted by atomic mass is 10.0. The van der Waals surface area contributed by atoms with Crippen molar-refractivity contribution in [2.75, 3.05) is 0 Å². The fourth-order valence-electron chi connectivity index (χ4n) is 2.01. The van der Waals surface area contributed by atoms with Gasteiger partial charge in [0.25, 0.3) is 0 Å². The minimum atomic E-state index is 0.218. The molecular formula is C13H10ClN3O. The Morgan fingerprint density at radius 1 is 1.22 bits per heavy atom. The number of phenols is 1. The van der Waals surface area contributed by atoms with Gasteiger partial charge in [-0.25, -0.2) is 0 Å². The van der Waals surface area contributed by atoms with E-state index in [-0.39, 0.29) is 5.75 Å². The van der Waals surface area contributed by atoms with Gasteiger partial charge in [-0.2, -0.15) is 0 Å². The number of H-pyrrole nitrogens is 1. The highest BCUT2D eigenvalue weighted by Gasteiger charge is 2.15. The van der Waals surface area contributed by atoms with Gasteiger partial charge in [0.15, 0.2) is 0 Å². The van der Waals surface area contributed by atoms with Crippen molar-refractivity contribution in [3.05, 3.63) is 40.9 Å². The van der Waals surface area contributed by atoms with Crippen LogP contribution in [0.15, 0.2) is 30.3 Å². The van der Waals surface area contributed by atoms with E-state index in [1.54, 1.807) is 6.07 Å². The number of aromatic nitrogens is 3. The SMILES string of the molecule is Cc1cccc(-c2c(Cl)ccc3[nH]nnc23)c1O. The third kappa shape index (κ3) is 1.54. The number of aromatic hydroxyl groups is 1. The zero-order valence-corrected chi connectivity index (χ0v) is 10.4. The molecule has 0 unspecified atom stereocenters. The van der Waals surface area contributed by atoms with E-state index in [1.165, 1.54) is 0 Å². The van der Waals surface area contributed by atoms with Crippen LogP contribution in [0.5, 0.6) is 5.75 Å². The summed E-state index contributed by atoms with van der Waals surface area (Å²) in [5.41, 5.74) is 3.60. The van der Waals surface area contributed by atoms with E-state index in [9.17, 15) is 5.11 Å². The number of hydrogen-bond acceptors (Lipinski definition) is 3. The first-order chi connectivity index (χ1) is 8.68. The Bertz CT molecular complexity index is 736. The lowest BCUT2D eigenvalue weighted by Crippen LogP contribution is -1.86. The van der Waals surface area contributed by atoms with Gasteiger partial charge >= 0.3 is 0 Å². The Morgan fingerprint density at radius 2 is 2.06 bits per heavy atom.